The molecule has 2 atom stereocenters. The number of hydrogen-bond acceptors (Lipinski definition) is 3. The molecule has 0 spiro atoms. The van der Waals surface area contributed by atoms with Crippen LogP contribution in [0.15, 0.2) is 16.7 Å². The van der Waals surface area contributed by atoms with Crippen LogP contribution < -0.4 is 10.2 Å². The summed E-state index contributed by atoms with van der Waals surface area (Å²) in [6.45, 7) is 3.06. The van der Waals surface area contributed by atoms with E-state index in [0.29, 0.717) is 5.92 Å². The average molecular weight is 296 g/mol. The van der Waals surface area contributed by atoms with E-state index in [1.165, 1.54) is 0 Å². The van der Waals surface area contributed by atoms with Gasteiger partial charge in [0.2, 0.25) is 5.91 Å². The number of piperidine rings is 1. The van der Waals surface area contributed by atoms with E-state index in [1.54, 1.807) is 6.20 Å². The smallest absolute Gasteiger partial charge is 0.247 e. The molecule has 1 saturated heterocycles. The Morgan fingerprint density at radius 1 is 1.59 bits per heavy atom. The predicted molar refractivity (Wildman–Crippen MR) is 70.1 cm³/mol. The molecule has 4 nitrogen and oxygen atoms in total. The number of carbonyl (C=O) groups is 1. The summed E-state index contributed by atoms with van der Waals surface area (Å²) in [7, 11) is 0. The number of amides is 1. The minimum absolute atomic E-state index is 0.0510. The third-order valence-electron chi connectivity index (χ3n) is 3.57. The molecule has 0 radical (unpaired) electrons. The lowest BCUT2D eigenvalue weighted by Crippen LogP contribution is -2.54. The summed E-state index contributed by atoms with van der Waals surface area (Å²) >= 11 is 3.38. The molecule has 1 amide bonds. The molecule has 1 fully saturated rings. The summed E-state index contributed by atoms with van der Waals surface area (Å²) in [6, 6.07) is 1.86. The Kier molecular flexibility index (Phi) is 2.58. The van der Waals surface area contributed by atoms with Crippen LogP contribution in [-0.4, -0.2) is 23.5 Å². The second kappa shape index (κ2) is 3.98. The maximum Gasteiger partial charge on any atom is 0.247 e. The molecule has 0 aromatic carbocycles. The topological polar surface area (TPSA) is 45.2 Å². The van der Waals surface area contributed by atoms with Gasteiger partial charge in [0.1, 0.15) is 6.04 Å². The van der Waals surface area contributed by atoms with Gasteiger partial charge >= 0.3 is 0 Å². The maximum absolute atomic E-state index is 12.1. The van der Waals surface area contributed by atoms with Crippen LogP contribution in [-0.2, 0) is 4.79 Å². The lowest BCUT2D eigenvalue weighted by molar-refractivity contribution is -0.119. The highest BCUT2D eigenvalue weighted by Gasteiger charge is 2.39. The molecule has 17 heavy (non-hydrogen) atoms. The van der Waals surface area contributed by atoms with Crippen LogP contribution >= 0.6 is 15.9 Å². The van der Waals surface area contributed by atoms with Gasteiger partial charge in [0.25, 0.3) is 0 Å². The fourth-order valence-electron chi connectivity index (χ4n) is 2.78. The number of anilines is 2. The van der Waals surface area contributed by atoms with Gasteiger partial charge in [-0.15, -0.1) is 0 Å². The molecule has 2 unspecified atom stereocenters. The second-order valence-electron chi connectivity index (χ2n) is 4.77. The van der Waals surface area contributed by atoms with E-state index in [9.17, 15) is 4.79 Å². The zero-order valence-corrected chi connectivity index (χ0v) is 11.2. The van der Waals surface area contributed by atoms with Crippen molar-refractivity contribution in [2.45, 2.75) is 25.8 Å². The van der Waals surface area contributed by atoms with Crippen LogP contribution in [0.2, 0.25) is 0 Å². The second-order valence-corrected chi connectivity index (χ2v) is 5.69. The van der Waals surface area contributed by atoms with E-state index in [0.717, 1.165) is 35.4 Å². The lowest BCUT2D eigenvalue weighted by atomic mass is 9.89. The summed E-state index contributed by atoms with van der Waals surface area (Å²) in [6.07, 6.45) is 4.02. The number of pyridine rings is 1. The minimum atomic E-state index is -0.0510. The fraction of sp³-hybridized carbons (Fsp3) is 0.500. The first-order valence-electron chi connectivity index (χ1n) is 5.90. The van der Waals surface area contributed by atoms with E-state index in [1.807, 2.05) is 6.07 Å². The van der Waals surface area contributed by atoms with Crippen molar-refractivity contribution in [3.05, 3.63) is 16.7 Å². The van der Waals surface area contributed by atoms with Crippen LogP contribution in [0, 0.1) is 5.92 Å². The molecule has 1 aromatic rings. The van der Waals surface area contributed by atoms with Gasteiger partial charge in [-0.3, -0.25) is 4.79 Å². The van der Waals surface area contributed by atoms with Crippen molar-refractivity contribution in [2.24, 2.45) is 5.92 Å². The number of rotatable bonds is 0. The van der Waals surface area contributed by atoms with E-state index in [4.69, 9.17) is 0 Å². The average Bonchev–Trinajstić information content (AvgIpc) is 2.28. The normalized spacial score (nSPS) is 27.2. The number of nitrogens with zero attached hydrogens (tertiary/aromatic N) is 2. The Morgan fingerprint density at radius 2 is 2.41 bits per heavy atom. The van der Waals surface area contributed by atoms with Gasteiger partial charge < -0.3 is 10.2 Å². The van der Waals surface area contributed by atoms with Crippen molar-refractivity contribution in [1.29, 1.82) is 0 Å². The van der Waals surface area contributed by atoms with Crippen molar-refractivity contribution in [2.75, 3.05) is 16.8 Å². The summed E-state index contributed by atoms with van der Waals surface area (Å²) in [5.41, 5.74) is 0.815. The molecule has 2 aliphatic heterocycles. The number of hydrogen-bond donors (Lipinski definition) is 1. The fourth-order valence-corrected chi connectivity index (χ4v) is 3.12. The Balaban J connectivity index is 2.07. The van der Waals surface area contributed by atoms with Crippen LogP contribution in [0.3, 0.4) is 0 Å². The van der Waals surface area contributed by atoms with Gasteiger partial charge in [-0.2, -0.15) is 0 Å². The van der Waals surface area contributed by atoms with Crippen molar-refractivity contribution in [1.82, 2.24) is 4.98 Å². The highest BCUT2D eigenvalue weighted by molar-refractivity contribution is 9.10. The summed E-state index contributed by atoms with van der Waals surface area (Å²) in [4.78, 5) is 18.7. The summed E-state index contributed by atoms with van der Waals surface area (Å²) in [5, 5.41) is 2.96. The SMILES string of the molecule is CC1CCCN2c3ncc(Br)cc3NC(=O)C12. The number of aromatic nitrogens is 1. The standard InChI is InChI=1S/C12H14BrN3O/c1-7-3-2-4-16-10(7)12(17)15-9-5-8(13)6-14-11(9)16/h5-7,10H,2-4H2,1H3,(H,15,17). The van der Waals surface area contributed by atoms with Crippen LogP contribution in [0.5, 0.6) is 0 Å². The first-order valence-corrected chi connectivity index (χ1v) is 6.69. The van der Waals surface area contributed by atoms with Gasteiger partial charge in [0.15, 0.2) is 5.82 Å². The molecular weight excluding hydrogens is 282 g/mol. The van der Waals surface area contributed by atoms with Gasteiger partial charge in [-0.1, -0.05) is 6.92 Å². The van der Waals surface area contributed by atoms with Crippen LogP contribution in [0.1, 0.15) is 19.8 Å². The largest absolute Gasteiger partial charge is 0.343 e. The third-order valence-corrected chi connectivity index (χ3v) is 4.00. The first-order chi connectivity index (χ1) is 8.16. The van der Waals surface area contributed by atoms with Gasteiger partial charge in [-0.05, 0) is 40.8 Å². The number of fused-ring (bicyclic) bond motifs is 3. The van der Waals surface area contributed by atoms with Crippen molar-refractivity contribution in [3.8, 4) is 0 Å². The Bertz CT molecular complexity index is 477. The van der Waals surface area contributed by atoms with E-state index in [2.05, 4.69) is 38.1 Å². The Hall–Kier alpha value is -1.10. The molecular formula is C12H14BrN3O. The highest BCUT2D eigenvalue weighted by Crippen LogP contribution is 2.37. The van der Waals surface area contributed by atoms with E-state index < -0.39 is 0 Å². The van der Waals surface area contributed by atoms with Crippen molar-refractivity contribution >= 4 is 33.3 Å². The molecule has 0 bridgehead atoms. The molecule has 0 saturated carbocycles. The first kappa shape index (κ1) is 11.0. The Labute approximate surface area is 109 Å². The molecule has 1 aromatic heterocycles. The number of nitrogens with one attached hydrogen (secondary N) is 1. The molecule has 3 rings (SSSR count). The molecule has 2 aliphatic rings. The van der Waals surface area contributed by atoms with Gasteiger partial charge in [-0.25, -0.2) is 4.98 Å². The highest BCUT2D eigenvalue weighted by atomic mass is 79.9. The zero-order chi connectivity index (χ0) is 12.0. The minimum Gasteiger partial charge on any atom is -0.343 e. The quantitative estimate of drug-likeness (QED) is 0.799. The monoisotopic (exact) mass is 295 g/mol. The molecule has 3 heterocycles. The maximum atomic E-state index is 12.1. The van der Waals surface area contributed by atoms with Gasteiger partial charge in [0.05, 0.1) is 5.69 Å². The predicted octanol–water partition coefficient (Wildman–Crippen LogP) is 2.40. The van der Waals surface area contributed by atoms with Crippen molar-refractivity contribution < 1.29 is 4.79 Å². The van der Waals surface area contributed by atoms with Crippen LogP contribution in [0.25, 0.3) is 0 Å². The third kappa shape index (κ3) is 1.73. The number of halogens is 1. The molecule has 1 N–H and O–H groups in total. The van der Waals surface area contributed by atoms with Gasteiger partial charge in [0, 0.05) is 17.2 Å². The van der Waals surface area contributed by atoms with Crippen LogP contribution in [0.4, 0.5) is 11.5 Å². The zero-order valence-electron chi connectivity index (χ0n) is 9.61. The summed E-state index contributed by atoms with van der Waals surface area (Å²) < 4.78 is 0.889. The van der Waals surface area contributed by atoms with E-state index in [-0.39, 0.29) is 11.9 Å². The molecule has 5 heteroatoms. The van der Waals surface area contributed by atoms with E-state index >= 15 is 0 Å². The summed E-state index contributed by atoms with van der Waals surface area (Å²) in [5.74, 6) is 1.40. The Morgan fingerprint density at radius 3 is 3.24 bits per heavy atom. The molecule has 90 valence electrons. The number of carbonyl (C=O) groups excluding carboxylic acids is 1. The molecule has 0 aliphatic carbocycles. The van der Waals surface area contributed by atoms with Crippen molar-refractivity contribution in [3.63, 3.8) is 0 Å². The lowest BCUT2D eigenvalue weighted by Gasteiger charge is -2.43.